The van der Waals surface area contributed by atoms with Gasteiger partial charge >= 0.3 is 6.61 Å². The second-order valence-electron chi connectivity index (χ2n) is 4.32. The summed E-state index contributed by atoms with van der Waals surface area (Å²) >= 11 is 3.49. The third-order valence-corrected chi connectivity index (χ3v) is 3.91. The summed E-state index contributed by atoms with van der Waals surface area (Å²) in [5.74, 6) is -0.177. The average molecular weight is 345 g/mol. The Hall–Kier alpha value is -1.49. The molecule has 0 aliphatic rings. The summed E-state index contributed by atoms with van der Waals surface area (Å²) in [4.78, 5) is -0.219. The third kappa shape index (κ3) is 3.54. The number of aryl methyl sites for hydroxylation is 1. The minimum atomic E-state index is -2.85. The van der Waals surface area contributed by atoms with Gasteiger partial charge in [0.25, 0.3) is 0 Å². The molecule has 0 saturated heterocycles. The second-order valence-corrected chi connectivity index (χ2v) is 5.24. The molecule has 0 radical (unpaired) electrons. The Morgan fingerprint density at radius 1 is 1.05 bits per heavy atom. The van der Waals surface area contributed by atoms with Crippen molar-refractivity contribution in [1.82, 2.24) is 0 Å². The fourth-order valence-electron chi connectivity index (χ4n) is 1.87. The van der Waals surface area contributed by atoms with E-state index in [9.17, 15) is 13.2 Å². The monoisotopic (exact) mass is 344 g/mol. The lowest BCUT2D eigenvalue weighted by Gasteiger charge is -2.13. The number of alkyl halides is 3. The number of hydrogen-bond donors (Lipinski definition) is 0. The van der Waals surface area contributed by atoms with Crippen molar-refractivity contribution in [2.24, 2.45) is 0 Å². The highest BCUT2D eigenvalue weighted by molar-refractivity contribution is 9.09. The number of ether oxygens (including phenoxy) is 1. The lowest BCUT2D eigenvalue weighted by atomic mass is 10.0. The lowest BCUT2D eigenvalue weighted by Crippen LogP contribution is -2.02. The molecular weight excluding hydrogens is 333 g/mol. The van der Waals surface area contributed by atoms with E-state index >= 15 is 0 Å². The molecule has 1 nitrogen and oxygen atoms in total. The summed E-state index contributed by atoms with van der Waals surface area (Å²) in [6.45, 7) is -1.18. The van der Waals surface area contributed by atoms with Gasteiger partial charge < -0.3 is 4.74 Å². The molecule has 2 aromatic carbocycles. The van der Waals surface area contributed by atoms with Gasteiger partial charge in [0.1, 0.15) is 11.6 Å². The van der Waals surface area contributed by atoms with Crippen LogP contribution in [0.4, 0.5) is 13.2 Å². The molecule has 2 rings (SSSR count). The average Bonchev–Trinajstić information content (AvgIpc) is 2.40. The van der Waals surface area contributed by atoms with Crippen molar-refractivity contribution in [2.75, 3.05) is 0 Å². The Morgan fingerprint density at radius 2 is 1.75 bits per heavy atom. The second kappa shape index (κ2) is 6.31. The van der Waals surface area contributed by atoms with Crippen molar-refractivity contribution in [3.8, 4) is 5.75 Å². The van der Waals surface area contributed by atoms with Gasteiger partial charge in [0.2, 0.25) is 0 Å². The fraction of sp³-hybridized carbons (Fsp3) is 0.200. The molecule has 0 aliphatic carbocycles. The first-order valence-corrected chi connectivity index (χ1v) is 6.84. The van der Waals surface area contributed by atoms with Crippen LogP contribution in [-0.2, 0) is 0 Å². The fourth-order valence-corrected chi connectivity index (χ4v) is 2.44. The van der Waals surface area contributed by atoms with Crippen molar-refractivity contribution in [3.05, 3.63) is 65.0 Å². The highest BCUT2D eigenvalue weighted by Crippen LogP contribution is 2.33. The first-order chi connectivity index (χ1) is 9.47. The van der Waals surface area contributed by atoms with E-state index < -0.39 is 6.61 Å². The van der Waals surface area contributed by atoms with Crippen molar-refractivity contribution >= 4 is 15.9 Å². The Kier molecular flexibility index (Phi) is 4.70. The summed E-state index contributed by atoms with van der Waals surface area (Å²) in [6, 6.07) is 11.2. The molecular formula is C15H12BrF3O. The molecule has 1 unspecified atom stereocenters. The Balaban J connectivity index is 2.28. The first-order valence-electron chi connectivity index (χ1n) is 5.92. The molecule has 0 aliphatic heterocycles. The van der Waals surface area contributed by atoms with Crippen LogP contribution in [0, 0.1) is 12.7 Å². The summed E-state index contributed by atoms with van der Waals surface area (Å²) in [5, 5.41) is 0. The highest BCUT2D eigenvalue weighted by atomic mass is 79.9. The van der Waals surface area contributed by atoms with E-state index in [2.05, 4.69) is 20.7 Å². The largest absolute Gasteiger partial charge is 0.435 e. The van der Waals surface area contributed by atoms with E-state index in [0.717, 1.165) is 11.1 Å². The van der Waals surface area contributed by atoms with E-state index in [0.29, 0.717) is 5.56 Å². The predicted octanol–water partition coefficient (Wildman–Crippen LogP) is 5.22. The highest BCUT2D eigenvalue weighted by Gasteiger charge is 2.13. The van der Waals surface area contributed by atoms with Crippen LogP contribution >= 0.6 is 15.9 Å². The molecule has 0 fully saturated rings. The quantitative estimate of drug-likeness (QED) is 0.691. The smallest absolute Gasteiger partial charge is 0.387 e. The maximum absolute atomic E-state index is 13.3. The number of halogens is 4. The molecule has 5 heteroatoms. The van der Waals surface area contributed by atoms with Crippen molar-refractivity contribution in [2.45, 2.75) is 18.4 Å². The van der Waals surface area contributed by atoms with Gasteiger partial charge in [-0.1, -0.05) is 40.2 Å². The molecule has 106 valence electrons. The van der Waals surface area contributed by atoms with Crippen LogP contribution in [0.15, 0.2) is 42.5 Å². The first kappa shape index (κ1) is 14.9. The molecule has 0 spiro atoms. The van der Waals surface area contributed by atoms with Crippen LogP contribution in [0.1, 0.15) is 21.5 Å². The summed E-state index contributed by atoms with van der Waals surface area (Å²) in [7, 11) is 0. The molecule has 2 aromatic rings. The van der Waals surface area contributed by atoms with Crippen LogP contribution in [0.5, 0.6) is 5.75 Å². The minimum absolute atomic E-state index is 0.0979. The molecule has 0 saturated carbocycles. The van der Waals surface area contributed by atoms with Crippen LogP contribution in [0.2, 0.25) is 0 Å². The molecule has 20 heavy (non-hydrogen) atoms. The lowest BCUT2D eigenvalue weighted by molar-refractivity contribution is -0.0498. The van der Waals surface area contributed by atoms with Gasteiger partial charge in [0.05, 0.1) is 4.83 Å². The van der Waals surface area contributed by atoms with Crippen LogP contribution in [-0.4, -0.2) is 6.61 Å². The van der Waals surface area contributed by atoms with Gasteiger partial charge in [-0.25, -0.2) is 4.39 Å². The Labute approximate surface area is 123 Å². The predicted molar refractivity (Wildman–Crippen MR) is 75.0 cm³/mol. The Morgan fingerprint density at radius 3 is 2.40 bits per heavy atom. The SMILES string of the molecule is Cc1cc(C(Br)c2cccc(OC(F)F)c2)ccc1F. The zero-order valence-electron chi connectivity index (χ0n) is 10.6. The van der Waals surface area contributed by atoms with Gasteiger partial charge in [0.15, 0.2) is 0 Å². The molecule has 0 amide bonds. The minimum Gasteiger partial charge on any atom is -0.435 e. The topological polar surface area (TPSA) is 9.23 Å². The summed E-state index contributed by atoms with van der Waals surface area (Å²) in [6.07, 6.45) is 0. The standard InChI is InChI=1S/C15H12BrF3O/c1-9-7-11(5-6-13(9)17)14(16)10-3-2-4-12(8-10)20-15(18)19/h2-8,14-15H,1H3. The molecule has 0 N–H and O–H groups in total. The molecule has 0 heterocycles. The van der Waals surface area contributed by atoms with E-state index in [-0.39, 0.29) is 16.4 Å². The van der Waals surface area contributed by atoms with Crippen LogP contribution in [0.3, 0.4) is 0 Å². The summed E-state index contributed by atoms with van der Waals surface area (Å²) < 4.78 is 42.0. The van der Waals surface area contributed by atoms with Crippen LogP contribution < -0.4 is 4.74 Å². The number of benzene rings is 2. The third-order valence-electron chi connectivity index (χ3n) is 2.85. The van der Waals surface area contributed by atoms with Gasteiger partial charge in [-0.15, -0.1) is 0 Å². The van der Waals surface area contributed by atoms with E-state index in [1.807, 2.05) is 0 Å². The molecule has 0 bridgehead atoms. The van der Waals surface area contributed by atoms with Crippen molar-refractivity contribution in [3.63, 3.8) is 0 Å². The van der Waals surface area contributed by atoms with Gasteiger partial charge in [-0.05, 0) is 41.8 Å². The normalized spacial score (nSPS) is 12.5. The zero-order chi connectivity index (χ0) is 14.7. The number of hydrogen-bond acceptors (Lipinski definition) is 1. The molecule has 0 aromatic heterocycles. The summed E-state index contributed by atoms with van der Waals surface area (Å²) in [5.41, 5.74) is 2.14. The maximum atomic E-state index is 13.3. The van der Waals surface area contributed by atoms with E-state index in [1.165, 1.54) is 18.2 Å². The van der Waals surface area contributed by atoms with Gasteiger partial charge in [-0.3, -0.25) is 0 Å². The van der Waals surface area contributed by atoms with Crippen molar-refractivity contribution < 1.29 is 17.9 Å². The van der Waals surface area contributed by atoms with Crippen molar-refractivity contribution in [1.29, 1.82) is 0 Å². The van der Waals surface area contributed by atoms with Crippen LogP contribution in [0.25, 0.3) is 0 Å². The van der Waals surface area contributed by atoms with E-state index in [4.69, 9.17) is 0 Å². The maximum Gasteiger partial charge on any atom is 0.387 e. The zero-order valence-corrected chi connectivity index (χ0v) is 12.2. The number of rotatable bonds is 4. The van der Waals surface area contributed by atoms with Gasteiger partial charge in [-0.2, -0.15) is 8.78 Å². The van der Waals surface area contributed by atoms with E-state index in [1.54, 1.807) is 31.2 Å². The Bertz CT molecular complexity index is 601. The molecule has 1 atom stereocenters. The van der Waals surface area contributed by atoms with Gasteiger partial charge in [0, 0.05) is 0 Å².